The van der Waals surface area contributed by atoms with Crippen molar-refractivity contribution in [1.29, 1.82) is 0 Å². The smallest absolute Gasteiger partial charge is 0.337 e. The minimum atomic E-state index is -0.464. The molecular formula is C20H17FN2O3S. The third-order valence-electron chi connectivity index (χ3n) is 3.83. The molecular weight excluding hydrogens is 367 g/mol. The normalized spacial score (nSPS) is 10.4. The average Bonchev–Trinajstić information content (AvgIpc) is 3.15. The number of carbonyl (C=O) groups is 2. The fourth-order valence-electron chi connectivity index (χ4n) is 2.49. The van der Waals surface area contributed by atoms with E-state index in [1.807, 2.05) is 5.38 Å². The number of esters is 1. The summed E-state index contributed by atoms with van der Waals surface area (Å²) in [5, 5.41) is 5.17. The number of benzene rings is 2. The molecule has 0 unspecified atom stereocenters. The van der Waals surface area contributed by atoms with Gasteiger partial charge in [0.2, 0.25) is 5.91 Å². The Morgan fingerprint density at radius 3 is 2.78 bits per heavy atom. The maximum atomic E-state index is 13.8. The second kappa shape index (κ2) is 8.55. The highest BCUT2D eigenvalue weighted by atomic mass is 32.1. The fourth-order valence-corrected chi connectivity index (χ4v) is 3.37. The van der Waals surface area contributed by atoms with Crippen LogP contribution in [0.2, 0.25) is 0 Å². The molecule has 0 spiro atoms. The summed E-state index contributed by atoms with van der Waals surface area (Å²) in [5.74, 6) is -0.978. The number of aryl methyl sites for hydroxylation is 1. The molecule has 0 bridgehead atoms. The van der Waals surface area contributed by atoms with E-state index in [1.165, 1.54) is 24.5 Å². The molecule has 138 valence electrons. The molecule has 1 aromatic heterocycles. The number of nitrogens with zero attached hydrogens (tertiary/aromatic N) is 1. The van der Waals surface area contributed by atoms with Crippen LogP contribution in [0.25, 0.3) is 10.6 Å². The van der Waals surface area contributed by atoms with Crippen molar-refractivity contribution in [1.82, 2.24) is 4.98 Å². The zero-order valence-corrected chi connectivity index (χ0v) is 15.4. The van der Waals surface area contributed by atoms with Crippen LogP contribution < -0.4 is 5.32 Å². The summed E-state index contributed by atoms with van der Waals surface area (Å²) in [6.07, 6.45) is 0.663. The van der Waals surface area contributed by atoms with Crippen LogP contribution in [0.3, 0.4) is 0 Å². The second-order valence-corrected chi connectivity index (χ2v) is 6.60. The Hall–Kier alpha value is -3.06. The van der Waals surface area contributed by atoms with E-state index in [4.69, 9.17) is 0 Å². The molecule has 1 amide bonds. The van der Waals surface area contributed by atoms with Gasteiger partial charge in [0.05, 0.1) is 18.4 Å². The zero-order chi connectivity index (χ0) is 19.2. The van der Waals surface area contributed by atoms with E-state index < -0.39 is 5.97 Å². The molecule has 0 radical (unpaired) electrons. The molecule has 27 heavy (non-hydrogen) atoms. The van der Waals surface area contributed by atoms with Gasteiger partial charge >= 0.3 is 5.97 Å². The molecule has 0 fully saturated rings. The molecule has 0 aliphatic carbocycles. The predicted molar refractivity (Wildman–Crippen MR) is 102 cm³/mol. The largest absolute Gasteiger partial charge is 0.465 e. The lowest BCUT2D eigenvalue weighted by atomic mass is 10.2. The number of nitrogens with one attached hydrogen (secondary N) is 1. The monoisotopic (exact) mass is 384 g/mol. The van der Waals surface area contributed by atoms with Gasteiger partial charge in [0, 0.05) is 23.1 Å². The molecule has 1 N–H and O–H groups in total. The number of anilines is 1. The minimum absolute atomic E-state index is 0.197. The Morgan fingerprint density at radius 2 is 2.00 bits per heavy atom. The van der Waals surface area contributed by atoms with E-state index in [9.17, 15) is 14.0 Å². The first-order valence-electron chi connectivity index (χ1n) is 8.24. The summed E-state index contributed by atoms with van der Waals surface area (Å²) in [7, 11) is 1.30. The SMILES string of the molecule is COC(=O)c1cccc(NC(=O)CCc2csc(-c3ccccc3F)n2)c1. The maximum absolute atomic E-state index is 13.8. The quantitative estimate of drug-likeness (QED) is 0.643. The molecule has 0 saturated carbocycles. The topological polar surface area (TPSA) is 68.3 Å². The van der Waals surface area contributed by atoms with Crippen LogP contribution in [0.1, 0.15) is 22.5 Å². The molecule has 3 rings (SSSR count). The van der Waals surface area contributed by atoms with Crippen molar-refractivity contribution >= 4 is 28.9 Å². The molecule has 0 saturated heterocycles. The van der Waals surface area contributed by atoms with Gasteiger partial charge in [-0.15, -0.1) is 11.3 Å². The van der Waals surface area contributed by atoms with Gasteiger partial charge in [-0.05, 0) is 36.8 Å². The fraction of sp³-hybridized carbons (Fsp3) is 0.150. The van der Waals surface area contributed by atoms with Crippen molar-refractivity contribution < 1.29 is 18.7 Å². The predicted octanol–water partition coefficient (Wildman–Crippen LogP) is 4.31. The van der Waals surface area contributed by atoms with Crippen molar-refractivity contribution in [3.8, 4) is 10.6 Å². The number of rotatable bonds is 6. The van der Waals surface area contributed by atoms with E-state index in [-0.39, 0.29) is 18.1 Å². The van der Waals surface area contributed by atoms with E-state index in [0.29, 0.717) is 28.2 Å². The van der Waals surface area contributed by atoms with Gasteiger partial charge in [-0.25, -0.2) is 14.2 Å². The lowest BCUT2D eigenvalue weighted by Crippen LogP contribution is -2.13. The van der Waals surface area contributed by atoms with Crippen LogP contribution in [0, 0.1) is 5.82 Å². The van der Waals surface area contributed by atoms with Gasteiger partial charge < -0.3 is 10.1 Å². The highest BCUT2D eigenvalue weighted by molar-refractivity contribution is 7.13. The van der Waals surface area contributed by atoms with Gasteiger partial charge in [0.1, 0.15) is 10.8 Å². The molecule has 0 aliphatic heterocycles. The zero-order valence-electron chi connectivity index (χ0n) is 14.6. The first kappa shape index (κ1) is 18.7. The molecule has 5 nitrogen and oxygen atoms in total. The summed E-state index contributed by atoms with van der Waals surface area (Å²) in [4.78, 5) is 28.1. The molecule has 3 aromatic rings. The number of amides is 1. The number of carbonyl (C=O) groups excluding carboxylic acids is 2. The number of hydrogen-bond acceptors (Lipinski definition) is 5. The Balaban J connectivity index is 1.59. The van der Waals surface area contributed by atoms with Gasteiger partial charge in [0.15, 0.2) is 0 Å². The number of halogens is 1. The summed E-state index contributed by atoms with van der Waals surface area (Å²) < 4.78 is 18.5. The van der Waals surface area contributed by atoms with Crippen LogP contribution in [-0.4, -0.2) is 24.0 Å². The number of aromatic nitrogens is 1. The second-order valence-electron chi connectivity index (χ2n) is 5.74. The summed E-state index contributed by atoms with van der Waals surface area (Å²) in [6, 6.07) is 13.0. The van der Waals surface area contributed by atoms with Crippen molar-refractivity contribution in [3.63, 3.8) is 0 Å². The van der Waals surface area contributed by atoms with E-state index in [2.05, 4.69) is 15.0 Å². The number of hydrogen-bond donors (Lipinski definition) is 1. The lowest BCUT2D eigenvalue weighted by molar-refractivity contribution is -0.116. The number of methoxy groups -OCH3 is 1. The van der Waals surface area contributed by atoms with Gasteiger partial charge in [-0.3, -0.25) is 4.79 Å². The van der Waals surface area contributed by atoms with Crippen molar-refractivity contribution in [2.45, 2.75) is 12.8 Å². The lowest BCUT2D eigenvalue weighted by Gasteiger charge is -2.06. The Bertz CT molecular complexity index is 971. The highest BCUT2D eigenvalue weighted by Crippen LogP contribution is 2.26. The van der Waals surface area contributed by atoms with Gasteiger partial charge in [-0.2, -0.15) is 0 Å². The molecule has 0 atom stereocenters. The van der Waals surface area contributed by atoms with E-state index in [0.717, 1.165) is 5.69 Å². The summed E-state index contributed by atoms with van der Waals surface area (Å²) in [6.45, 7) is 0. The molecule has 2 aromatic carbocycles. The van der Waals surface area contributed by atoms with Crippen LogP contribution in [-0.2, 0) is 16.0 Å². The van der Waals surface area contributed by atoms with Gasteiger partial charge in [0.25, 0.3) is 0 Å². The van der Waals surface area contributed by atoms with Crippen molar-refractivity contribution in [2.24, 2.45) is 0 Å². The van der Waals surface area contributed by atoms with Crippen LogP contribution in [0.5, 0.6) is 0 Å². The highest BCUT2D eigenvalue weighted by Gasteiger charge is 2.11. The first-order valence-corrected chi connectivity index (χ1v) is 9.12. The Morgan fingerprint density at radius 1 is 1.19 bits per heavy atom. The van der Waals surface area contributed by atoms with E-state index >= 15 is 0 Å². The molecule has 0 aliphatic rings. The number of thiazole rings is 1. The van der Waals surface area contributed by atoms with Gasteiger partial charge in [-0.1, -0.05) is 18.2 Å². The van der Waals surface area contributed by atoms with Crippen molar-refractivity contribution in [2.75, 3.05) is 12.4 Å². The Kier molecular flexibility index (Phi) is 5.93. The minimum Gasteiger partial charge on any atom is -0.465 e. The maximum Gasteiger partial charge on any atom is 0.337 e. The van der Waals surface area contributed by atoms with E-state index in [1.54, 1.807) is 42.5 Å². The van der Waals surface area contributed by atoms with Crippen LogP contribution >= 0.6 is 11.3 Å². The Labute approximate surface area is 159 Å². The average molecular weight is 384 g/mol. The molecule has 7 heteroatoms. The summed E-state index contributed by atoms with van der Waals surface area (Å²) in [5.41, 5.74) is 2.08. The van der Waals surface area contributed by atoms with Crippen molar-refractivity contribution in [3.05, 3.63) is 71.0 Å². The standard InChI is InChI=1S/C20H17FN2O3S/c1-26-20(25)13-5-4-6-14(11-13)22-18(24)10-9-15-12-27-19(23-15)16-7-2-3-8-17(16)21/h2-8,11-12H,9-10H2,1H3,(H,22,24). The van der Waals surface area contributed by atoms with Crippen LogP contribution in [0.4, 0.5) is 10.1 Å². The summed E-state index contributed by atoms with van der Waals surface area (Å²) >= 11 is 1.35. The first-order chi connectivity index (χ1) is 13.1. The number of ether oxygens (including phenoxy) is 1. The molecule has 1 heterocycles. The third-order valence-corrected chi connectivity index (χ3v) is 4.76. The third kappa shape index (κ3) is 4.77. The van der Waals surface area contributed by atoms with Crippen LogP contribution in [0.15, 0.2) is 53.9 Å².